The summed E-state index contributed by atoms with van der Waals surface area (Å²) in [5.41, 5.74) is 0. The van der Waals surface area contributed by atoms with E-state index >= 15 is 0 Å². The Morgan fingerprint density at radius 2 is 0.560 bits per heavy atom. The average Bonchev–Trinajstić information content (AvgIpc) is 3.41. The molecule has 0 aliphatic heterocycles. The monoisotopic (exact) mass is 1050 g/mol. The number of carbonyl (C=O) groups excluding carboxylic acids is 1. The standard InChI is InChI=1S/C71H135NO3/c1-3-5-7-9-11-13-15-17-19-21-23-25-27-28-29-30-31-32-33-34-35-36-37-38-39-40-41-42-43-44-45-47-49-51-53-55-57-59-61-63-65-67-71(75)72-69(68-73)70(74)66-64-62-60-58-56-54-52-50-48-46-26-24-22-20-18-16-14-12-10-8-6-4-2/h15,17,21,23,56,58,64,66,69-70,73-74H,3-14,16,18-20,22,24-55,57,59-63,65,67-68H2,1-2H3,(H,72,75)/b17-15-,23-21-,58-56+,66-64+. The Hall–Kier alpha value is -1.65. The van der Waals surface area contributed by atoms with E-state index in [0.717, 1.165) is 38.5 Å². The van der Waals surface area contributed by atoms with Gasteiger partial charge in [0.15, 0.2) is 0 Å². The predicted octanol–water partition coefficient (Wildman–Crippen LogP) is 23.3. The Labute approximate surface area is 471 Å². The molecule has 0 fully saturated rings. The van der Waals surface area contributed by atoms with Crippen molar-refractivity contribution in [2.24, 2.45) is 0 Å². The molecule has 2 atom stereocenters. The van der Waals surface area contributed by atoms with Gasteiger partial charge in [0, 0.05) is 6.42 Å². The molecule has 2 unspecified atom stereocenters. The quantitative estimate of drug-likeness (QED) is 0.0420. The Kier molecular flexibility index (Phi) is 65.2. The zero-order chi connectivity index (χ0) is 54.1. The normalized spacial score (nSPS) is 13.0. The van der Waals surface area contributed by atoms with Crippen LogP contribution in [0, 0.1) is 0 Å². The maximum atomic E-state index is 12.5. The number of nitrogens with one attached hydrogen (secondary N) is 1. The van der Waals surface area contributed by atoms with Crippen molar-refractivity contribution in [3.05, 3.63) is 48.6 Å². The third kappa shape index (κ3) is 63.1. The second kappa shape index (κ2) is 66.6. The molecule has 0 saturated carbocycles. The smallest absolute Gasteiger partial charge is 0.220 e. The average molecular weight is 1050 g/mol. The topological polar surface area (TPSA) is 69.6 Å². The zero-order valence-corrected chi connectivity index (χ0v) is 51.1. The number of hydrogen-bond donors (Lipinski definition) is 3. The lowest BCUT2D eigenvalue weighted by molar-refractivity contribution is -0.123. The molecule has 0 radical (unpaired) electrons. The van der Waals surface area contributed by atoms with Crippen LogP contribution < -0.4 is 5.32 Å². The molecule has 3 N–H and O–H groups in total. The molecule has 0 aliphatic rings. The van der Waals surface area contributed by atoms with Crippen LogP contribution in [0.25, 0.3) is 0 Å². The van der Waals surface area contributed by atoms with Crippen LogP contribution >= 0.6 is 0 Å². The molecule has 4 nitrogen and oxygen atoms in total. The van der Waals surface area contributed by atoms with Crippen molar-refractivity contribution in [3.8, 4) is 0 Å². The lowest BCUT2D eigenvalue weighted by atomic mass is 10.0. The minimum absolute atomic E-state index is 0.0662. The van der Waals surface area contributed by atoms with E-state index in [-0.39, 0.29) is 12.5 Å². The highest BCUT2D eigenvalue weighted by molar-refractivity contribution is 5.76. The summed E-state index contributed by atoms with van der Waals surface area (Å²) in [4.78, 5) is 12.5. The molecular formula is C71H135NO3. The summed E-state index contributed by atoms with van der Waals surface area (Å²) in [6, 6.07) is -0.639. The van der Waals surface area contributed by atoms with Crippen molar-refractivity contribution in [3.63, 3.8) is 0 Å². The van der Waals surface area contributed by atoms with Crippen molar-refractivity contribution in [2.75, 3.05) is 6.61 Å². The van der Waals surface area contributed by atoms with Crippen LogP contribution in [-0.2, 0) is 4.79 Å². The first-order chi connectivity index (χ1) is 37.2. The van der Waals surface area contributed by atoms with Gasteiger partial charge in [-0.25, -0.2) is 0 Å². The lowest BCUT2D eigenvalue weighted by Crippen LogP contribution is -2.45. The number of carbonyl (C=O) groups is 1. The molecule has 442 valence electrons. The molecule has 0 aromatic heterocycles. The predicted molar refractivity (Wildman–Crippen MR) is 336 cm³/mol. The van der Waals surface area contributed by atoms with E-state index in [0.29, 0.717) is 6.42 Å². The van der Waals surface area contributed by atoms with E-state index in [4.69, 9.17) is 0 Å². The van der Waals surface area contributed by atoms with Gasteiger partial charge in [0.25, 0.3) is 0 Å². The summed E-state index contributed by atoms with van der Waals surface area (Å²) in [6.45, 7) is 4.32. The van der Waals surface area contributed by atoms with Crippen LogP contribution in [0.1, 0.15) is 380 Å². The van der Waals surface area contributed by atoms with Gasteiger partial charge in [0.1, 0.15) is 0 Å². The summed E-state index contributed by atoms with van der Waals surface area (Å²) in [7, 11) is 0. The molecule has 75 heavy (non-hydrogen) atoms. The summed E-state index contributed by atoms with van der Waals surface area (Å²) in [5, 5.41) is 23.2. The fraction of sp³-hybridized carbons (Fsp3) is 0.873. The number of rotatable bonds is 64. The fourth-order valence-corrected chi connectivity index (χ4v) is 10.8. The number of hydrogen-bond acceptors (Lipinski definition) is 3. The number of aliphatic hydroxyl groups excluding tert-OH is 2. The first-order valence-electron chi connectivity index (χ1n) is 34.4. The van der Waals surface area contributed by atoms with Gasteiger partial charge in [-0.2, -0.15) is 0 Å². The van der Waals surface area contributed by atoms with Crippen LogP contribution in [0.4, 0.5) is 0 Å². The van der Waals surface area contributed by atoms with Gasteiger partial charge in [0.05, 0.1) is 18.8 Å². The van der Waals surface area contributed by atoms with Gasteiger partial charge < -0.3 is 15.5 Å². The number of aliphatic hydroxyl groups is 2. The summed E-state index contributed by atoms with van der Waals surface area (Å²) >= 11 is 0. The Morgan fingerprint density at radius 1 is 0.320 bits per heavy atom. The van der Waals surface area contributed by atoms with Gasteiger partial charge in [-0.05, 0) is 64.2 Å². The molecule has 0 aliphatic carbocycles. The van der Waals surface area contributed by atoms with E-state index < -0.39 is 12.1 Å². The highest BCUT2D eigenvalue weighted by Crippen LogP contribution is 2.19. The maximum Gasteiger partial charge on any atom is 0.220 e. The van der Waals surface area contributed by atoms with E-state index in [1.807, 2.05) is 6.08 Å². The van der Waals surface area contributed by atoms with Gasteiger partial charge in [-0.15, -0.1) is 0 Å². The molecule has 0 aromatic carbocycles. The van der Waals surface area contributed by atoms with E-state index in [9.17, 15) is 15.0 Å². The first kappa shape index (κ1) is 73.3. The minimum atomic E-state index is -0.862. The van der Waals surface area contributed by atoms with E-state index in [1.54, 1.807) is 6.08 Å². The van der Waals surface area contributed by atoms with Crippen LogP contribution in [0.2, 0.25) is 0 Å². The van der Waals surface area contributed by atoms with Crippen LogP contribution in [-0.4, -0.2) is 34.9 Å². The molecule has 1 amide bonds. The number of unbranched alkanes of at least 4 members (excludes halogenated alkanes) is 51. The van der Waals surface area contributed by atoms with E-state index in [2.05, 4.69) is 55.6 Å². The molecule has 0 spiro atoms. The zero-order valence-electron chi connectivity index (χ0n) is 51.1. The van der Waals surface area contributed by atoms with Crippen LogP contribution in [0.5, 0.6) is 0 Å². The van der Waals surface area contributed by atoms with Crippen LogP contribution in [0.15, 0.2) is 48.6 Å². The molecule has 0 bridgehead atoms. The summed E-state index contributed by atoms with van der Waals surface area (Å²) < 4.78 is 0. The second-order valence-corrected chi connectivity index (χ2v) is 23.6. The molecule has 0 rings (SSSR count). The summed E-state index contributed by atoms with van der Waals surface area (Å²) in [5.74, 6) is -0.0662. The van der Waals surface area contributed by atoms with Gasteiger partial charge >= 0.3 is 0 Å². The molecular weight excluding hydrogens is 915 g/mol. The van der Waals surface area contributed by atoms with Crippen molar-refractivity contribution in [2.45, 2.75) is 392 Å². The van der Waals surface area contributed by atoms with Crippen LogP contribution in [0.3, 0.4) is 0 Å². The molecule has 4 heteroatoms. The largest absolute Gasteiger partial charge is 0.394 e. The Morgan fingerprint density at radius 3 is 0.853 bits per heavy atom. The number of allylic oxidation sites excluding steroid dienone is 7. The van der Waals surface area contributed by atoms with Crippen molar-refractivity contribution >= 4 is 5.91 Å². The second-order valence-electron chi connectivity index (χ2n) is 23.6. The molecule has 0 aromatic rings. The summed E-state index contributed by atoms with van der Waals surface area (Å²) in [6.07, 6.45) is 93.5. The van der Waals surface area contributed by atoms with E-state index in [1.165, 1.54) is 321 Å². The Balaban J connectivity index is 3.41. The van der Waals surface area contributed by atoms with Gasteiger partial charge in [-0.3, -0.25) is 4.79 Å². The van der Waals surface area contributed by atoms with Gasteiger partial charge in [0.2, 0.25) is 5.91 Å². The van der Waals surface area contributed by atoms with Crippen molar-refractivity contribution in [1.82, 2.24) is 5.32 Å². The highest BCUT2D eigenvalue weighted by Gasteiger charge is 2.18. The minimum Gasteiger partial charge on any atom is -0.394 e. The SMILES string of the molecule is CCCCCCC/C=C\C/C=C\CCCCCCCCCCCCCCCCCCCCCCCCCCCCCCCC(=O)NC(CO)C(O)/C=C/CC/C=C/CCCCCCCCCCCCCCCCCC. The maximum absolute atomic E-state index is 12.5. The molecule has 0 saturated heterocycles. The third-order valence-electron chi connectivity index (χ3n) is 16.0. The molecule has 0 heterocycles. The number of amides is 1. The van der Waals surface area contributed by atoms with Crippen molar-refractivity contribution in [1.29, 1.82) is 0 Å². The fourth-order valence-electron chi connectivity index (χ4n) is 10.8. The van der Waals surface area contributed by atoms with Gasteiger partial charge in [-0.1, -0.05) is 358 Å². The Bertz CT molecular complexity index is 1190. The first-order valence-corrected chi connectivity index (χ1v) is 34.4. The lowest BCUT2D eigenvalue weighted by Gasteiger charge is -2.19. The van der Waals surface area contributed by atoms with Crippen molar-refractivity contribution < 1.29 is 15.0 Å². The highest BCUT2D eigenvalue weighted by atomic mass is 16.3. The third-order valence-corrected chi connectivity index (χ3v) is 16.0.